The van der Waals surface area contributed by atoms with Gasteiger partial charge >= 0.3 is 0 Å². The first-order valence-electron chi connectivity index (χ1n) is 14.3. The number of rotatable bonds is 3. The standard InChI is InChI=1S/C32H43N2S2/c1-21-10-12-27-29(14-21)35-31(33(27)3)19-23-16-24(18-26(17-23)25-8-6-5-7-9-25)20-32-34(4)28-13-11-22(2)15-30(28)36-32/h5-9,16,19-22,26-30H,10-15,17-18H2,1-4H3/q+1. The molecular formula is C32H43N2S2+. The summed E-state index contributed by atoms with van der Waals surface area (Å²) < 4.78 is 2.61. The lowest BCUT2D eigenvalue weighted by molar-refractivity contribution is -0.534. The topological polar surface area (TPSA) is 6.25 Å². The molecule has 0 aromatic heterocycles. The van der Waals surface area contributed by atoms with E-state index in [1.54, 1.807) is 0 Å². The average molecular weight is 520 g/mol. The Bertz CT molecular complexity index is 1100. The van der Waals surface area contributed by atoms with Crippen molar-refractivity contribution < 1.29 is 4.58 Å². The molecule has 2 aliphatic heterocycles. The van der Waals surface area contributed by atoms with Crippen molar-refractivity contribution >= 4 is 28.6 Å². The van der Waals surface area contributed by atoms with Gasteiger partial charge in [-0.25, -0.2) is 4.58 Å². The highest BCUT2D eigenvalue weighted by Gasteiger charge is 2.43. The highest BCUT2D eigenvalue weighted by atomic mass is 32.2. The van der Waals surface area contributed by atoms with Crippen LogP contribution in [0.1, 0.15) is 76.7 Å². The summed E-state index contributed by atoms with van der Waals surface area (Å²) in [6, 6.07) is 12.7. The van der Waals surface area contributed by atoms with Gasteiger partial charge in [-0.05, 0) is 97.2 Å². The predicted molar refractivity (Wildman–Crippen MR) is 158 cm³/mol. The lowest BCUT2D eigenvalue weighted by atomic mass is 9.81. The molecule has 4 heteroatoms. The third kappa shape index (κ3) is 5.01. The first-order chi connectivity index (χ1) is 17.4. The van der Waals surface area contributed by atoms with Gasteiger partial charge in [0.15, 0.2) is 6.04 Å². The summed E-state index contributed by atoms with van der Waals surface area (Å²) in [7, 11) is 4.69. The molecule has 7 atom stereocenters. The van der Waals surface area contributed by atoms with Crippen LogP contribution in [0.3, 0.4) is 0 Å². The smallest absolute Gasteiger partial charge is 0.235 e. The van der Waals surface area contributed by atoms with Crippen molar-refractivity contribution in [2.24, 2.45) is 11.8 Å². The molecule has 1 aromatic carbocycles. The molecule has 0 spiro atoms. The van der Waals surface area contributed by atoms with Gasteiger partial charge in [0.1, 0.15) is 7.05 Å². The maximum absolute atomic E-state index is 2.61. The molecule has 7 unspecified atom stereocenters. The molecule has 2 saturated carbocycles. The Kier molecular flexibility index (Phi) is 7.20. The van der Waals surface area contributed by atoms with Gasteiger partial charge in [0.2, 0.25) is 5.04 Å². The molecule has 2 nitrogen and oxygen atoms in total. The summed E-state index contributed by atoms with van der Waals surface area (Å²) in [5.74, 6) is 2.32. The predicted octanol–water partition coefficient (Wildman–Crippen LogP) is 7.84. The van der Waals surface area contributed by atoms with Crippen LogP contribution in [-0.4, -0.2) is 51.2 Å². The Balaban J connectivity index is 1.30. The first-order valence-corrected chi connectivity index (χ1v) is 16.0. The van der Waals surface area contributed by atoms with E-state index in [-0.39, 0.29) is 0 Å². The Morgan fingerprint density at radius 2 is 1.64 bits per heavy atom. The van der Waals surface area contributed by atoms with E-state index in [0.717, 1.165) is 47.3 Å². The van der Waals surface area contributed by atoms with Crippen LogP contribution < -0.4 is 0 Å². The van der Waals surface area contributed by atoms with Gasteiger partial charge < -0.3 is 4.90 Å². The molecule has 0 radical (unpaired) electrons. The lowest BCUT2D eigenvalue weighted by Crippen LogP contribution is -2.36. The fourth-order valence-corrected chi connectivity index (χ4v) is 10.8. The van der Waals surface area contributed by atoms with Gasteiger partial charge in [-0.1, -0.05) is 50.3 Å². The molecule has 36 heavy (non-hydrogen) atoms. The van der Waals surface area contributed by atoms with Crippen LogP contribution in [0.5, 0.6) is 0 Å². The van der Waals surface area contributed by atoms with Crippen molar-refractivity contribution in [3.63, 3.8) is 0 Å². The molecule has 6 rings (SSSR count). The van der Waals surface area contributed by atoms with Crippen molar-refractivity contribution in [3.8, 4) is 0 Å². The van der Waals surface area contributed by atoms with E-state index in [1.165, 1.54) is 65.3 Å². The molecule has 3 aliphatic carbocycles. The summed E-state index contributed by atoms with van der Waals surface area (Å²) in [5.41, 5.74) is 4.52. The van der Waals surface area contributed by atoms with Crippen LogP contribution in [0.15, 0.2) is 64.7 Å². The van der Waals surface area contributed by atoms with Gasteiger partial charge in [0.25, 0.3) is 0 Å². The second-order valence-electron chi connectivity index (χ2n) is 12.3. The van der Waals surface area contributed by atoms with E-state index in [4.69, 9.17) is 0 Å². The van der Waals surface area contributed by atoms with Crippen LogP contribution >= 0.6 is 23.5 Å². The second kappa shape index (κ2) is 10.4. The Morgan fingerprint density at radius 3 is 2.44 bits per heavy atom. The monoisotopic (exact) mass is 519 g/mol. The zero-order valence-corrected chi connectivity index (χ0v) is 24.2. The third-order valence-corrected chi connectivity index (χ3v) is 12.4. The van der Waals surface area contributed by atoms with E-state index in [9.17, 15) is 0 Å². The number of nitrogens with zero attached hydrogens (tertiary/aromatic N) is 2. The fraction of sp³-hybridized carbons (Fsp3) is 0.594. The molecule has 5 aliphatic rings. The Labute approximate surface area is 227 Å². The van der Waals surface area contributed by atoms with Crippen LogP contribution in [0.4, 0.5) is 0 Å². The normalized spacial score (nSPS) is 38.9. The zero-order chi connectivity index (χ0) is 24.8. The van der Waals surface area contributed by atoms with Crippen LogP contribution in [-0.2, 0) is 0 Å². The molecule has 192 valence electrons. The second-order valence-corrected chi connectivity index (χ2v) is 14.8. The Morgan fingerprint density at radius 1 is 0.889 bits per heavy atom. The largest absolute Gasteiger partial charge is 0.365 e. The molecule has 0 bridgehead atoms. The van der Waals surface area contributed by atoms with Gasteiger partial charge in [0.05, 0.1) is 10.3 Å². The van der Waals surface area contributed by atoms with Crippen molar-refractivity contribution in [1.29, 1.82) is 0 Å². The molecule has 1 aromatic rings. The lowest BCUT2D eigenvalue weighted by Gasteiger charge is -2.32. The summed E-state index contributed by atoms with van der Waals surface area (Å²) in [6.07, 6.45) is 18.1. The molecule has 0 N–H and O–H groups in total. The summed E-state index contributed by atoms with van der Waals surface area (Å²) in [4.78, 5) is 2.61. The molecular weight excluding hydrogens is 477 g/mol. The maximum Gasteiger partial charge on any atom is 0.235 e. The summed E-state index contributed by atoms with van der Waals surface area (Å²) >= 11 is 4.31. The Hall–Kier alpha value is -1.39. The third-order valence-electron chi connectivity index (χ3n) is 9.50. The minimum absolute atomic E-state index is 0.563. The minimum Gasteiger partial charge on any atom is -0.365 e. The van der Waals surface area contributed by atoms with Crippen molar-refractivity contribution in [3.05, 3.63) is 70.3 Å². The first kappa shape index (κ1) is 24.9. The number of thioether (sulfide) groups is 2. The van der Waals surface area contributed by atoms with E-state index in [1.807, 2.05) is 0 Å². The number of hydrogen-bond acceptors (Lipinski definition) is 3. The number of hydrogen-bond donors (Lipinski definition) is 0. The van der Waals surface area contributed by atoms with Gasteiger partial charge in [-0.15, -0.1) is 11.8 Å². The van der Waals surface area contributed by atoms with Crippen molar-refractivity contribution in [2.75, 3.05) is 14.1 Å². The molecule has 1 saturated heterocycles. The van der Waals surface area contributed by atoms with Gasteiger partial charge in [-0.3, -0.25) is 0 Å². The van der Waals surface area contributed by atoms with E-state index < -0.39 is 0 Å². The van der Waals surface area contributed by atoms with Crippen LogP contribution in [0.25, 0.3) is 0 Å². The fourth-order valence-electron chi connectivity index (χ4n) is 7.32. The molecule has 0 amide bonds. The van der Waals surface area contributed by atoms with Crippen molar-refractivity contribution in [2.45, 2.75) is 93.7 Å². The highest BCUT2D eigenvalue weighted by molar-refractivity contribution is 8.14. The number of fused-ring (bicyclic) bond motifs is 2. The highest BCUT2D eigenvalue weighted by Crippen LogP contribution is 2.47. The van der Waals surface area contributed by atoms with Gasteiger partial charge in [-0.2, -0.15) is 0 Å². The number of benzene rings is 1. The van der Waals surface area contributed by atoms with Gasteiger partial charge in [0, 0.05) is 30.8 Å². The van der Waals surface area contributed by atoms with Crippen LogP contribution in [0.2, 0.25) is 0 Å². The SMILES string of the molecule is CC1CCC2C(C1)S/C(=C\C1=CC(=C/C3=[N+](C)C4CCC(C)CC4S3)/CC(c3ccccc3)C1)N2C. The van der Waals surface area contributed by atoms with E-state index in [2.05, 4.69) is 110 Å². The molecule has 3 fully saturated rings. The molecule has 2 heterocycles. The van der Waals surface area contributed by atoms with E-state index in [0.29, 0.717) is 5.92 Å². The average Bonchev–Trinajstić information content (AvgIpc) is 3.34. The van der Waals surface area contributed by atoms with Crippen molar-refractivity contribution in [1.82, 2.24) is 4.90 Å². The van der Waals surface area contributed by atoms with Crippen LogP contribution in [0, 0.1) is 11.8 Å². The van der Waals surface area contributed by atoms with E-state index >= 15 is 0 Å². The zero-order valence-electron chi connectivity index (χ0n) is 22.5. The quantitative estimate of drug-likeness (QED) is 0.376. The summed E-state index contributed by atoms with van der Waals surface area (Å²) in [6.45, 7) is 4.88. The minimum atomic E-state index is 0.563. The summed E-state index contributed by atoms with van der Waals surface area (Å²) in [5, 5.41) is 4.55. The maximum atomic E-state index is 2.61. The number of allylic oxidation sites excluding steroid dienone is 4.